The minimum absolute atomic E-state index is 0.0205. The predicted molar refractivity (Wildman–Crippen MR) is 133 cm³/mol. The van der Waals surface area contributed by atoms with E-state index in [-0.39, 0.29) is 17.2 Å². The van der Waals surface area contributed by atoms with Crippen LogP contribution in [0.5, 0.6) is 0 Å². The summed E-state index contributed by atoms with van der Waals surface area (Å²) < 4.78 is 27.8. The van der Waals surface area contributed by atoms with Crippen molar-refractivity contribution < 1.29 is 13.2 Å². The summed E-state index contributed by atoms with van der Waals surface area (Å²) in [6.07, 6.45) is 1.02. The zero-order chi connectivity index (χ0) is 23.6. The Labute approximate surface area is 200 Å². The summed E-state index contributed by atoms with van der Waals surface area (Å²) in [5, 5.41) is 5.64. The summed E-state index contributed by atoms with van der Waals surface area (Å²) >= 11 is 6.12. The van der Waals surface area contributed by atoms with Crippen molar-refractivity contribution in [3.05, 3.63) is 77.3 Å². The van der Waals surface area contributed by atoms with Crippen LogP contribution in [0.2, 0.25) is 5.02 Å². The Hall–Kier alpha value is -2.41. The van der Waals surface area contributed by atoms with Gasteiger partial charge in [0, 0.05) is 36.0 Å². The molecule has 1 N–H and O–H groups in total. The Morgan fingerprint density at radius 2 is 1.70 bits per heavy atom. The lowest BCUT2D eigenvalue weighted by Gasteiger charge is -2.32. The van der Waals surface area contributed by atoms with Gasteiger partial charge in [-0.3, -0.25) is 4.79 Å². The van der Waals surface area contributed by atoms with E-state index in [9.17, 15) is 13.2 Å². The van der Waals surface area contributed by atoms with E-state index in [1.807, 2.05) is 54.6 Å². The minimum atomic E-state index is -3.59. The van der Waals surface area contributed by atoms with Gasteiger partial charge in [-0.15, -0.1) is 0 Å². The molecule has 3 aromatic rings. The van der Waals surface area contributed by atoms with Crippen molar-refractivity contribution in [1.29, 1.82) is 0 Å². The van der Waals surface area contributed by atoms with Crippen LogP contribution < -0.4 is 5.32 Å². The summed E-state index contributed by atoms with van der Waals surface area (Å²) in [5.74, 6) is -0.212. The fraction of sp³-hybridized carbons (Fsp3) is 0.346. The molecule has 3 aromatic carbocycles. The minimum Gasteiger partial charge on any atom is -0.355 e. The summed E-state index contributed by atoms with van der Waals surface area (Å²) in [4.78, 5) is 13.1. The highest BCUT2D eigenvalue weighted by Crippen LogP contribution is 2.28. The fourth-order valence-electron chi connectivity index (χ4n) is 4.30. The average molecular weight is 485 g/mol. The molecule has 174 valence electrons. The molecule has 0 aliphatic carbocycles. The lowest BCUT2D eigenvalue weighted by Crippen LogP contribution is -2.45. The molecule has 1 amide bonds. The number of nitrogens with zero attached hydrogens (tertiary/aromatic N) is 1. The first-order valence-electron chi connectivity index (χ1n) is 11.2. The van der Waals surface area contributed by atoms with E-state index in [0.29, 0.717) is 42.4 Å². The predicted octanol–water partition coefficient (Wildman–Crippen LogP) is 4.99. The third kappa shape index (κ3) is 5.24. The van der Waals surface area contributed by atoms with Gasteiger partial charge in [0.05, 0.1) is 4.90 Å². The van der Waals surface area contributed by atoms with Crippen LogP contribution in [0.4, 0.5) is 0 Å². The molecular formula is C26H29ClN2O3S. The number of hydrogen-bond acceptors (Lipinski definition) is 3. The summed E-state index contributed by atoms with van der Waals surface area (Å²) in [6, 6.07) is 20.6. The third-order valence-corrected chi connectivity index (χ3v) is 8.62. The van der Waals surface area contributed by atoms with Crippen LogP contribution in [-0.2, 0) is 20.2 Å². The molecular weight excluding hydrogens is 456 g/mol. The van der Waals surface area contributed by atoms with E-state index in [4.69, 9.17) is 11.6 Å². The Morgan fingerprint density at radius 1 is 1.00 bits per heavy atom. The van der Waals surface area contributed by atoms with Crippen molar-refractivity contribution in [1.82, 2.24) is 9.62 Å². The fourth-order valence-corrected chi connectivity index (χ4v) is 6.00. The zero-order valence-electron chi connectivity index (χ0n) is 18.9. The molecule has 0 aromatic heterocycles. The molecule has 33 heavy (non-hydrogen) atoms. The van der Waals surface area contributed by atoms with Crippen molar-refractivity contribution in [2.45, 2.75) is 37.0 Å². The molecule has 5 nitrogen and oxygen atoms in total. The molecule has 1 fully saturated rings. The van der Waals surface area contributed by atoms with E-state index in [1.54, 1.807) is 12.1 Å². The van der Waals surface area contributed by atoms with Crippen LogP contribution in [0, 0.1) is 5.92 Å². The van der Waals surface area contributed by atoms with Crippen LogP contribution in [0.1, 0.15) is 32.3 Å². The van der Waals surface area contributed by atoms with Gasteiger partial charge in [0.25, 0.3) is 0 Å². The van der Waals surface area contributed by atoms with Crippen molar-refractivity contribution in [2.75, 3.05) is 19.6 Å². The Kier molecular flexibility index (Phi) is 6.80. The Balaban J connectivity index is 1.36. The molecule has 0 spiro atoms. The number of piperidine rings is 1. The molecule has 0 saturated carbocycles. The maximum absolute atomic E-state index is 13.2. The monoisotopic (exact) mass is 484 g/mol. The normalized spacial score (nSPS) is 16.1. The standard InChI is InChI=1S/C26H29ClN2O3S/c1-26(2,22-8-5-9-23(27)17-22)18-28-25(30)20-12-14-29(15-13-20)33(31,32)24-11-10-19-6-3-4-7-21(19)16-24/h3-11,16-17,20H,12-15,18H2,1-2H3,(H,28,30). The van der Waals surface area contributed by atoms with E-state index in [2.05, 4.69) is 19.2 Å². The summed E-state index contributed by atoms with van der Waals surface area (Å²) in [6.45, 7) is 5.30. The number of halogens is 1. The van der Waals surface area contributed by atoms with Gasteiger partial charge in [-0.05, 0) is 53.4 Å². The quantitative estimate of drug-likeness (QED) is 0.536. The number of fused-ring (bicyclic) bond motifs is 1. The van der Waals surface area contributed by atoms with Gasteiger partial charge in [-0.25, -0.2) is 8.42 Å². The van der Waals surface area contributed by atoms with Gasteiger partial charge in [-0.1, -0.05) is 67.9 Å². The average Bonchev–Trinajstić information content (AvgIpc) is 2.82. The highest BCUT2D eigenvalue weighted by Gasteiger charge is 2.33. The number of benzene rings is 3. The molecule has 1 aliphatic heterocycles. The molecule has 0 radical (unpaired) electrons. The van der Waals surface area contributed by atoms with Crippen LogP contribution in [0.15, 0.2) is 71.6 Å². The maximum atomic E-state index is 13.2. The maximum Gasteiger partial charge on any atom is 0.243 e. The number of carbonyl (C=O) groups is 1. The molecule has 1 heterocycles. The number of carbonyl (C=O) groups excluding carboxylic acids is 1. The number of amides is 1. The van der Waals surface area contributed by atoms with E-state index < -0.39 is 10.0 Å². The van der Waals surface area contributed by atoms with Gasteiger partial charge >= 0.3 is 0 Å². The highest BCUT2D eigenvalue weighted by molar-refractivity contribution is 7.89. The van der Waals surface area contributed by atoms with Crippen LogP contribution in [0.25, 0.3) is 10.8 Å². The molecule has 0 atom stereocenters. The molecule has 1 saturated heterocycles. The Bertz CT molecular complexity index is 1270. The first kappa shape index (κ1) is 23.7. The van der Waals surface area contributed by atoms with Crippen molar-refractivity contribution >= 4 is 38.3 Å². The van der Waals surface area contributed by atoms with E-state index >= 15 is 0 Å². The number of rotatable bonds is 6. The Morgan fingerprint density at radius 3 is 2.39 bits per heavy atom. The van der Waals surface area contributed by atoms with Gasteiger partial charge in [0.15, 0.2) is 0 Å². The molecule has 4 rings (SSSR count). The third-order valence-electron chi connectivity index (χ3n) is 6.49. The second kappa shape index (κ2) is 9.45. The lowest BCUT2D eigenvalue weighted by atomic mass is 9.84. The van der Waals surface area contributed by atoms with E-state index in [0.717, 1.165) is 16.3 Å². The topological polar surface area (TPSA) is 66.5 Å². The number of nitrogens with one attached hydrogen (secondary N) is 1. The largest absolute Gasteiger partial charge is 0.355 e. The second-order valence-corrected chi connectivity index (χ2v) is 11.7. The van der Waals surface area contributed by atoms with Gasteiger partial charge < -0.3 is 5.32 Å². The first-order chi connectivity index (χ1) is 15.7. The lowest BCUT2D eigenvalue weighted by molar-refractivity contribution is -0.126. The van der Waals surface area contributed by atoms with Gasteiger partial charge in [0.2, 0.25) is 15.9 Å². The molecule has 7 heteroatoms. The van der Waals surface area contributed by atoms with Gasteiger partial charge in [-0.2, -0.15) is 4.31 Å². The van der Waals surface area contributed by atoms with Crippen LogP contribution >= 0.6 is 11.6 Å². The van der Waals surface area contributed by atoms with Crippen molar-refractivity contribution in [3.63, 3.8) is 0 Å². The first-order valence-corrected chi connectivity index (χ1v) is 13.0. The smallest absolute Gasteiger partial charge is 0.243 e. The van der Waals surface area contributed by atoms with Crippen molar-refractivity contribution in [2.24, 2.45) is 5.92 Å². The molecule has 0 bridgehead atoms. The van der Waals surface area contributed by atoms with Gasteiger partial charge in [0.1, 0.15) is 0 Å². The van der Waals surface area contributed by atoms with Crippen molar-refractivity contribution in [3.8, 4) is 0 Å². The number of hydrogen-bond donors (Lipinski definition) is 1. The zero-order valence-corrected chi connectivity index (χ0v) is 20.5. The van der Waals surface area contributed by atoms with Crippen LogP contribution in [-0.4, -0.2) is 38.3 Å². The highest BCUT2D eigenvalue weighted by atomic mass is 35.5. The second-order valence-electron chi connectivity index (χ2n) is 9.30. The SMILES string of the molecule is CC(C)(CNC(=O)C1CCN(S(=O)(=O)c2ccc3ccccc3c2)CC1)c1cccc(Cl)c1. The van der Waals surface area contributed by atoms with E-state index in [1.165, 1.54) is 4.31 Å². The number of sulfonamides is 1. The summed E-state index contributed by atoms with van der Waals surface area (Å²) in [5.41, 5.74) is 0.798. The summed E-state index contributed by atoms with van der Waals surface area (Å²) in [7, 11) is -3.59. The van der Waals surface area contributed by atoms with Crippen LogP contribution in [0.3, 0.4) is 0 Å². The molecule has 0 unspecified atom stereocenters. The molecule has 1 aliphatic rings.